The molecule has 2 rings (SSSR count). The molecule has 0 amide bonds. The Bertz CT molecular complexity index is 271. The third-order valence-electron chi connectivity index (χ3n) is 2.19. The molecule has 1 aromatic heterocycles. The summed E-state index contributed by atoms with van der Waals surface area (Å²) in [6.45, 7) is 0.765. The fourth-order valence-electron chi connectivity index (χ4n) is 1.54. The van der Waals surface area contributed by atoms with Crippen molar-refractivity contribution >= 4 is 0 Å². The van der Waals surface area contributed by atoms with E-state index >= 15 is 0 Å². The summed E-state index contributed by atoms with van der Waals surface area (Å²) in [5, 5.41) is 4.08. The van der Waals surface area contributed by atoms with Gasteiger partial charge >= 0.3 is 0 Å². The van der Waals surface area contributed by atoms with Crippen molar-refractivity contribution in [3.05, 3.63) is 18.0 Å². The molecule has 1 fully saturated rings. The van der Waals surface area contributed by atoms with Crippen LogP contribution in [0.2, 0.25) is 0 Å². The van der Waals surface area contributed by atoms with Crippen LogP contribution in [0.25, 0.3) is 0 Å². The zero-order chi connectivity index (χ0) is 8.55. The van der Waals surface area contributed by atoms with Gasteiger partial charge in [0.15, 0.2) is 0 Å². The summed E-state index contributed by atoms with van der Waals surface area (Å²) in [4.78, 5) is 0. The lowest BCUT2D eigenvalue weighted by atomic mass is 10.1. The quantitative estimate of drug-likeness (QED) is 0.650. The average Bonchev–Trinajstić information content (AvgIpc) is 2.58. The van der Waals surface area contributed by atoms with Gasteiger partial charge in [0, 0.05) is 31.5 Å². The molecule has 0 spiro atoms. The van der Waals surface area contributed by atoms with E-state index in [0.717, 1.165) is 18.6 Å². The number of hydrogen-bond acceptors (Lipinski definition) is 3. The van der Waals surface area contributed by atoms with Crippen molar-refractivity contribution in [2.24, 2.45) is 12.8 Å². The van der Waals surface area contributed by atoms with Crippen LogP contribution in [0.5, 0.6) is 0 Å². The van der Waals surface area contributed by atoms with Crippen molar-refractivity contribution < 1.29 is 4.74 Å². The smallest absolute Gasteiger partial charge is 0.101 e. The highest BCUT2D eigenvalue weighted by Gasteiger charge is 2.27. The number of nitrogens with zero attached hydrogens (tertiary/aromatic N) is 2. The summed E-state index contributed by atoms with van der Waals surface area (Å²) >= 11 is 0. The largest absolute Gasteiger partial charge is 0.372 e. The molecule has 0 bridgehead atoms. The zero-order valence-electron chi connectivity index (χ0n) is 7.10. The van der Waals surface area contributed by atoms with Crippen LogP contribution in [0.15, 0.2) is 12.4 Å². The van der Waals surface area contributed by atoms with E-state index in [4.69, 9.17) is 10.5 Å². The molecule has 0 aromatic carbocycles. The van der Waals surface area contributed by atoms with Crippen LogP contribution in [0.1, 0.15) is 18.1 Å². The number of aryl methyl sites for hydroxylation is 1. The van der Waals surface area contributed by atoms with Crippen LogP contribution in [0.3, 0.4) is 0 Å². The van der Waals surface area contributed by atoms with Crippen LogP contribution in [-0.2, 0) is 11.8 Å². The second-order valence-corrected chi connectivity index (χ2v) is 3.19. The molecular formula is C8H13N3O. The van der Waals surface area contributed by atoms with Crippen LogP contribution < -0.4 is 5.73 Å². The molecule has 12 heavy (non-hydrogen) atoms. The van der Waals surface area contributed by atoms with Gasteiger partial charge in [0.1, 0.15) is 6.10 Å². The monoisotopic (exact) mass is 167 g/mol. The van der Waals surface area contributed by atoms with E-state index in [1.807, 2.05) is 19.4 Å². The lowest BCUT2D eigenvalue weighted by Crippen LogP contribution is -2.23. The molecule has 1 saturated heterocycles. The minimum absolute atomic E-state index is 0.0544. The lowest BCUT2D eigenvalue weighted by molar-refractivity contribution is 0.105. The highest BCUT2D eigenvalue weighted by atomic mass is 16.5. The predicted molar refractivity (Wildman–Crippen MR) is 44.5 cm³/mol. The second kappa shape index (κ2) is 2.88. The summed E-state index contributed by atoms with van der Waals surface area (Å²) in [6.07, 6.45) is 4.77. The van der Waals surface area contributed by atoms with Crippen molar-refractivity contribution in [1.29, 1.82) is 0 Å². The Morgan fingerprint density at radius 2 is 2.58 bits per heavy atom. The molecule has 1 aromatic rings. The SMILES string of the molecule is Cn1cc([C@@H]2OCC[C@H]2N)cn1. The standard InChI is InChI=1S/C8H13N3O/c1-11-5-6(4-10-11)8-7(9)2-3-12-8/h4-5,7-8H,2-3,9H2,1H3/t7-,8+/m1/s1. The van der Waals surface area contributed by atoms with E-state index in [9.17, 15) is 0 Å². The van der Waals surface area contributed by atoms with Gasteiger partial charge < -0.3 is 10.5 Å². The molecule has 2 N–H and O–H groups in total. The van der Waals surface area contributed by atoms with Gasteiger partial charge in [0.2, 0.25) is 0 Å². The molecule has 0 saturated carbocycles. The molecular weight excluding hydrogens is 154 g/mol. The van der Waals surface area contributed by atoms with Crippen molar-refractivity contribution in [2.45, 2.75) is 18.6 Å². The second-order valence-electron chi connectivity index (χ2n) is 3.19. The normalized spacial score (nSPS) is 29.5. The van der Waals surface area contributed by atoms with E-state index < -0.39 is 0 Å². The van der Waals surface area contributed by atoms with Crippen molar-refractivity contribution in [2.75, 3.05) is 6.61 Å². The Labute approximate surface area is 71.3 Å². The first-order chi connectivity index (χ1) is 5.77. The van der Waals surface area contributed by atoms with Gasteiger partial charge in [-0.3, -0.25) is 4.68 Å². The van der Waals surface area contributed by atoms with Gasteiger partial charge in [-0.2, -0.15) is 5.10 Å². The molecule has 1 aliphatic heterocycles. The lowest BCUT2D eigenvalue weighted by Gasteiger charge is -2.11. The summed E-state index contributed by atoms with van der Waals surface area (Å²) in [7, 11) is 1.89. The summed E-state index contributed by atoms with van der Waals surface area (Å²) in [5.74, 6) is 0. The fraction of sp³-hybridized carbons (Fsp3) is 0.625. The van der Waals surface area contributed by atoms with Crippen LogP contribution in [-0.4, -0.2) is 22.4 Å². The zero-order valence-corrected chi connectivity index (χ0v) is 7.10. The molecule has 4 heteroatoms. The van der Waals surface area contributed by atoms with Gasteiger partial charge in [-0.1, -0.05) is 0 Å². The Morgan fingerprint density at radius 3 is 3.08 bits per heavy atom. The minimum atomic E-state index is 0.0544. The first-order valence-corrected chi connectivity index (χ1v) is 4.13. The number of nitrogens with two attached hydrogens (primary N) is 1. The van der Waals surface area contributed by atoms with Crippen LogP contribution >= 0.6 is 0 Å². The fourth-order valence-corrected chi connectivity index (χ4v) is 1.54. The van der Waals surface area contributed by atoms with Gasteiger partial charge in [-0.25, -0.2) is 0 Å². The number of rotatable bonds is 1. The van der Waals surface area contributed by atoms with Crippen LogP contribution in [0, 0.1) is 0 Å². The van der Waals surface area contributed by atoms with E-state index in [1.165, 1.54) is 0 Å². The minimum Gasteiger partial charge on any atom is -0.372 e. The molecule has 1 aliphatic rings. The van der Waals surface area contributed by atoms with Gasteiger partial charge in [-0.15, -0.1) is 0 Å². The maximum absolute atomic E-state index is 5.86. The van der Waals surface area contributed by atoms with E-state index in [2.05, 4.69) is 5.10 Å². The molecule has 0 unspecified atom stereocenters. The molecule has 0 radical (unpaired) electrons. The molecule has 0 aliphatic carbocycles. The average molecular weight is 167 g/mol. The number of aromatic nitrogens is 2. The third kappa shape index (κ3) is 1.23. The van der Waals surface area contributed by atoms with Crippen molar-refractivity contribution in [3.63, 3.8) is 0 Å². The maximum atomic E-state index is 5.86. The Balaban J connectivity index is 2.19. The molecule has 2 atom stereocenters. The number of ether oxygens (including phenoxy) is 1. The van der Waals surface area contributed by atoms with Crippen LogP contribution in [0.4, 0.5) is 0 Å². The van der Waals surface area contributed by atoms with Gasteiger partial charge in [0.25, 0.3) is 0 Å². The van der Waals surface area contributed by atoms with E-state index in [-0.39, 0.29) is 12.1 Å². The maximum Gasteiger partial charge on any atom is 0.101 e. The summed E-state index contributed by atoms with van der Waals surface area (Å²) in [6, 6.07) is 0.134. The van der Waals surface area contributed by atoms with Gasteiger partial charge in [0.05, 0.1) is 6.20 Å². The summed E-state index contributed by atoms with van der Waals surface area (Å²) < 4.78 is 7.25. The highest BCUT2D eigenvalue weighted by molar-refractivity contribution is 5.11. The Kier molecular flexibility index (Phi) is 1.86. The predicted octanol–water partition coefficient (Wildman–Crippen LogP) is 0.209. The van der Waals surface area contributed by atoms with Crippen molar-refractivity contribution in [3.8, 4) is 0 Å². The molecule has 2 heterocycles. The highest BCUT2D eigenvalue weighted by Crippen LogP contribution is 2.26. The molecule has 4 nitrogen and oxygen atoms in total. The Morgan fingerprint density at radius 1 is 1.75 bits per heavy atom. The first kappa shape index (κ1) is 7.76. The Hall–Kier alpha value is -0.870. The third-order valence-corrected chi connectivity index (χ3v) is 2.19. The van der Waals surface area contributed by atoms with E-state index in [1.54, 1.807) is 4.68 Å². The van der Waals surface area contributed by atoms with Crippen molar-refractivity contribution in [1.82, 2.24) is 9.78 Å². The van der Waals surface area contributed by atoms with Gasteiger partial charge in [-0.05, 0) is 6.42 Å². The molecule has 66 valence electrons. The summed E-state index contributed by atoms with van der Waals surface area (Å²) in [5.41, 5.74) is 6.94. The number of hydrogen-bond donors (Lipinski definition) is 1. The first-order valence-electron chi connectivity index (χ1n) is 4.13. The van der Waals surface area contributed by atoms with E-state index in [0.29, 0.717) is 0 Å². The topological polar surface area (TPSA) is 53.1 Å².